The van der Waals surface area contributed by atoms with Gasteiger partial charge in [0.05, 0.1) is 24.5 Å². The molecule has 0 spiro atoms. The lowest BCUT2D eigenvalue weighted by molar-refractivity contribution is 0.185. The van der Waals surface area contributed by atoms with Gasteiger partial charge in [0.25, 0.3) is 0 Å². The normalized spacial score (nSPS) is 15.3. The van der Waals surface area contributed by atoms with E-state index in [0.29, 0.717) is 6.04 Å². The van der Waals surface area contributed by atoms with Crippen molar-refractivity contribution in [3.8, 4) is 16.9 Å². The van der Waals surface area contributed by atoms with Crippen LogP contribution in [0.1, 0.15) is 53.9 Å². The van der Waals surface area contributed by atoms with Gasteiger partial charge in [-0.05, 0) is 86.2 Å². The molecule has 0 bridgehead atoms. The van der Waals surface area contributed by atoms with Gasteiger partial charge in [-0.2, -0.15) is 5.10 Å². The summed E-state index contributed by atoms with van der Waals surface area (Å²) in [6, 6.07) is 14.7. The molecule has 6 heteroatoms. The van der Waals surface area contributed by atoms with E-state index < -0.39 is 0 Å². The van der Waals surface area contributed by atoms with E-state index in [1.807, 2.05) is 22.7 Å². The molecule has 1 aliphatic carbocycles. The number of aryl methyl sites for hydroxylation is 3. The molecule has 2 heterocycles. The van der Waals surface area contributed by atoms with Gasteiger partial charge in [-0.3, -0.25) is 4.90 Å². The average Bonchev–Trinajstić information content (AvgIpc) is 3.38. The van der Waals surface area contributed by atoms with Gasteiger partial charge in [0.2, 0.25) is 0 Å². The monoisotopic (exact) mass is 474 g/mol. The van der Waals surface area contributed by atoms with E-state index in [2.05, 4.69) is 56.1 Å². The number of aromatic nitrogens is 3. The minimum Gasteiger partial charge on any atom is -0.497 e. The number of ether oxygens (including phenoxy) is 1. The quantitative estimate of drug-likeness (QED) is 0.303. The number of nitrogens with zero attached hydrogens (tertiary/aromatic N) is 4. The summed E-state index contributed by atoms with van der Waals surface area (Å²) < 4.78 is 7.39. The van der Waals surface area contributed by atoms with Gasteiger partial charge in [0.15, 0.2) is 5.65 Å². The lowest BCUT2D eigenvalue weighted by Crippen LogP contribution is -2.28. The molecule has 5 nitrogen and oxygen atoms in total. The van der Waals surface area contributed by atoms with Crippen molar-refractivity contribution >= 4 is 17.2 Å². The van der Waals surface area contributed by atoms with Gasteiger partial charge < -0.3 is 4.74 Å². The van der Waals surface area contributed by atoms with Crippen molar-refractivity contribution in [2.45, 2.75) is 52.6 Å². The van der Waals surface area contributed by atoms with E-state index in [1.165, 1.54) is 16.8 Å². The molecule has 34 heavy (non-hydrogen) atoms. The van der Waals surface area contributed by atoms with Crippen LogP contribution >= 0.6 is 11.6 Å². The Labute approximate surface area is 206 Å². The predicted octanol–water partition coefficient (Wildman–Crippen LogP) is 6.57. The fourth-order valence-electron chi connectivity index (χ4n) is 5.21. The summed E-state index contributed by atoms with van der Waals surface area (Å²) >= 11 is 6.12. The number of hydrogen-bond acceptors (Lipinski definition) is 4. The Hall–Kier alpha value is -2.89. The predicted molar refractivity (Wildman–Crippen MR) is 138 cm³/mol. The molecule has 0 fully saturated rings. The van der Waals surface area contributed by atoms with Crippen LogP contribution in [-0.4, -0.2) is 33.2 Å². The van der Waals surface area contributed by atoms with E-state index in [4.69, 9.17) is 26.4 Å². The molecule has 0 amide bonds. The zero-order chi connectivity index (χ0) is 23.8. The highest BCUT2D eigenvalue weighted by atomic mass is 35.5. The molecule has 0 radical (unpaired) electrons. The van der Waals surface area contributed by atoms with E-state index in [1.54, 1.807) is 7.11 Å². The Kier molecular flexibility index (Phi) is 6.32. The standard InChI is InChI=1S/C28H31ClN4O/c1-5-14-32(16-20-6-9-22(29)10-7-20)25-13-8-21-17-33-28(30-27(21)25)26(19(3)31-33)24-12-11-23(34-4)15-18(24)2/h6-7,9-12,15,17,25H,5,8,13-14,16H2,1-4H3. The van der Waals surface area contributed by atoms with Gasteiger partial charge in [0, 0.05) is 23.3 Å². The Morgan fingerprint density at radius 3 is 2.65 bits per heavy atom. The van der Waals surface area contributed by atoms with Crippen LogP contribution in [0.2, 0.25) is 5.02 Å². The van der Waals surface area contributed by atoms with Gasteiger partial charge >= 0.3 is 0 Å². The summed E-state index contributed by atoms with van der Waals surface area (Å²) in [6.45, 7) is 8.35. The van der Waals surface area contributed by atoms with Crippen molar-refractivity contribution < 1.29 is 4.74 Å². The highest BCUT2D eigenvalue weighted by molar-refractivity contribution is 6.30. The van der Waals surface area contributed by atoms with Crippen molar-refractivity contribution in [3.63, 3.8) is 0 Å². The summed E-state index contributed by atoms with van der Waals surface area (Å²) in [7, 11) is 1.70. The summed E-state index contributed by atoms with van der Waals surface area (Å²) in [4.78, 5) is 7.85. The number of halogens is 1. The summed E-state index contributed by atoms with van der Waals surface area (Å²) in [5, 5.41) is 5.61. The third-order valence-corrected chi connectivity index (χ3v) is 7.10. The smallest absolute Gasteiger partial charge is 0.163 e. The molecule has 2 aromatic carbocycles. The molecular weight excluding hydrogens is 444 g/mol. The van der Waals surface area contributed by atoms with Crippen molar-refractivity contribution in [3.05, 3.63) is 81.8 Å². The average molecular weight is 475 g/mol. The first kappa shape index (κ1) is 22.9. The van der Waals surface area contributed by atoms with Crippen molar-refractivity contribution in [2.24, 2.45) is 0 Å². The fourth-order valence-corrected chi connectivity index (χ4v) is 5.34. The van der Waals surface area contributed by atoms with Crippen LogP contribution in [0.5, 0.6) is 5.75 Å². The number of hydrogen-bond donors (Lipinski definition) is 0. The highest BCUT2D eigenvalue weighted by Crippen LogP contribution is 2.38. The van der Waals surface area contributed by atoms with Crippen LogP contribution in [0, 0.1) is 13.8 Å². The number of rotatable bonds is 7. The van der Waals surface area contributed by atoms with Gasteiger partial charge in [-0.1, -0.05) is 36.7 Å². The molecule has 0 aliphatic heterocycles. The highest BCUT2D eigenvalue weighted by Gasteiger charge is 2.31. The van der Waals surface area contributed by atoms with E-state index in [9.17, 15) is 0 Å². The van der Waals surface area contributed by atoms with Crippen LogP contribution in [0.4, 0.5) is 0 Å². The number of benzene rings is 2. The van der Waals surface area contributed by atoms with Crippen LogP contribution in [0.25, 0.3) is 16.8 Å². The van der Waals surface area contributed by atoms with Gasteiger partial charge in [0.1, 0.15) is 5.75 Å². The lowest BCUT2D eigenvalue weighted by Gasteiger charge is -2.29. The molecule has 1 aliphatic rings. The van der Waals surface area contributed by atoms with Crippen LogP contribution < -0.4 is 4.74 Å². The zero-order valence-electron chi connectivity index (χ0n) is 20.3. The third kappa shape index (κ3) is 4.19. The first-order chi connectivity index (χ1) is 16.5. The van der Waals surface area contributed by atoms with E-state index in [-0.39, 0.29) is 0 Å². The maximum absolute atomic E-state index is 6.12. The largest absolute Gasteiger partial charge is 0.497 e. The molecule has 4 aromatic rings. The Balaban J connectivity index is 1.56. The molecule has 2 aromatic heterocycles. The second-order valence-electron chi connectivity index (χ2n) is 9.21. The maximum atomic E-state index is 6.12. The first-order valence-corrected chi connectivity index (χ1v) is 12.4. The van der Waals surface area contributed by atoms with Crippen LogP contribution in [0.3, 0.4) is 0 Å². The minimum absolute atomic E-state index is 0.302. The molecule has 0 N–H and O–H groups in total. The molecule has 1 atom stereocenters. The SMILES string of the molecule is CCCN(Cc1ccc(Cl)cc1)C1CCc2cn3nc(C)c(-c4ccc(OC)cc4C)c3nc21. The van der Waals surface area contributed by atoms with E-state index >= 15 is 0 Å². The fraction of sp³-hybridized carbons (Fsp3) is 0.357. The molecular formula is C28H31ClN4O. The molecule has 176 valence electrons. The Morgan fingerprint density at radius 2 is 1.94 bits per heavy atom. The third-order valence-electron chi connectivity index (χ3n) is 6.85. The topological polar surface area (TPSA) is 42.7 Å². The van der Waals surface area contributed by atoms with Gasteiger partial charge in [-0.25, -0.2) is 9.50 Å². The molecule has 0 saturated heterocycles. The molecule has 5 rings (SSSR count). The second kappa shape index (κ2) is 9.40. The van der Waals surface area contributed by atoms with Gasteiger partial charge in [-0.15, -0.1) is 0 Å². The van der Waals surface area contributed by atoms with Crippen molar-refractivity contribution in [1.29, 1.82) is 0 Å². The zero-order valence-corrected chi connectivity index (χ0v) is 21.1. The summed E-state index contributed by atoms with van der Waals surface area (Å²) in [6.07, 6.45) is 5.40. The van der Waals surface area contributed by atoms with Crippen LogP contribution in [0.15, 0.2) is 48.7 Å². The second-order valence-corrected chi connectivity index (χ2v) is 9.65. The Morgan fingerprint density at radius 1 is 1.15 bits per heavy atom. The first-order valence-electron chi connectivity index (χ1n) is 12.0. The van der Waals surface area contributed by atoms with Crippen molar-refractivity contribution in [2.75, 3.05) is 13.7 Å². The molecule has 0 saturated carbocycles. The Bertz CT molecular complexity index is 1330. The maximum Gasteiger partial charge on any atom is 0.163 e. The van der Waals surface area contributed by atoms with Crippen molar-refractivity contribution in [1.82, 2.24) is 19.5 Å². The summed E-state index contributed by atoms with van der Waals surface area (Å²) in [5.74, 6) is 0.863. The number of methoxy groups -OCH3 is 1. The summed E-state index contributed by atoms with van der Waals surface area (Å²) in [5.41, 5.74) is 9.12. The minimum atomic E-state index is 0.302. The lowest BCUT2D eigenvalue weighted by atomic mass is 10.0. The van der Waals surface area contributed by atoms with E-state index in [0.717, 1.165) is 71.2 Å². The number of fused-ring (bicyclic) bond motifs is 2. The molecule has 1 unspecified atom stereocenters. The van der Waals surface area contributed by atoms with Crippen LogP contribution in [-0.2, 0) is 13.0 Å².